The number of allylic oxidation sites excluding steroid dienone is 2. The van der Waals surface area contributed by atoms with Crippen molar-refractivity contribution in [2.24, 2.45) is 0 Å². The Morgan fingerprint density at radius 1 is 0.886 bits per heavy atom. The fraction of sp³-hybridized carbons (Fsp3) is 0.480. The molecule has 0 spiro atoms. The predicted molar refractivity (Wildman–Crippen MR) is 130 cm³/mol. The number of rotatable bonds is 12. The second-order valence-corrected chi connectivity index (χ2v) is 9.04. The molecule has 1 aliphatic rings. The monoisotopic (exact) mass is 508 g/mol. The van der Waals surface area contributed by atoms with Gasteiger partial charge in [0.25, 0.3) is 0 Å². The van der Waals surface area contributed by atoms with Gasteiger partial charge in [-0.2, -0.15) is 0 Å². The first-order valence-corrected chi connectivity index (χ1v) is 12.0. The van der Waals surface area contributed by atoms with Crippen molar-refractivity contribution < 1.29 is 42.8 Å². The highest BCUT2D eigenvalue weighted by Gasteiger charge is 2.51. The molecule has 1 aromatic carbocycles. The molecule has 0 N–H and O–H groups in total. The summed E-state index contributed by atoms with van der Waals surface area (Å²) in [6.45, 7) is 13.2. The van der Waals surface area contributed by atoms with Gasteiger partial charge in [0, 0.05) is 19.4 Å². The van der Waals surface area contributed by atoms with Gasteiger partial charge in [-0.15, -0.1) is 11.8 Å². The summed E-state index contributed by atoms with van der Waals surface area (Å²) in [5, 5.41) is 0. The lowest BCUT2D eigenvalue weighted by Gasteiger charge is -2.45. The lowest BCUT2D eigenvalue weighted by molar-refractivity contribution is -0.228. The SMILES string of the molecule is C=C(C)O[C@H]1[C@@H](OC(=C)C)[C@H](SCC(=O)c2ccc(OC)cc2)O[C@H](COC(C)=O)[C@H]1OC(C)=O. The Morgan fingerprint density at radius 2 is 1.49 bits per heavy atom. The van der Waals surface area contributed by atoms with Crippen molar-refractivity contribution in [1.82, 2.24) is 0 Å². The third-order valence-corrected chi connectivity index (χ3v) is 5.95. The van der Waals surface area contributed by atoms with Crippen LogP contribution in [0.15, 0.2) is 48.9 Å². The third kappa shape index (κ3) is 8.63. The molecular formula is C25H32O9S. The highest BCUT2D eigenvalue weighted by atomic mass is 32.2. The Bertz CT molecular complexity index is 927. The van der Waals surface area contributed by atoms with Crippen molar-refractivity contribution in [2.75, 3.05) is 19.5 Å². The number of methoxy groups -OCH3 is 1. The normalized spacial score (nSPS) is 23.5. The van der Waals surface area contributed by atoms with Gasteiger partial charge in [-0.05, 0) is 38.1 Å². The minimum Gasteiger partial charge on any atom is -0.497 e. The molecule has 0 radical (unpaired) electrons. The first kappa shape index (κ1) is 28.3. The van der Waals surface area contributed by atoms with Gasteiger partial charge < -0.3 is 28.4 Å². The van der Waals surface area contributed by atoms with Crippen LogP contribution in [0.1, 0.15) is 38.1 Å². The maximum Gasteiger partial charge on any atom is 0.303 e. The highest BCUT2D eigenvalue weighted by molar-refractivity contribution is 8.00. The zero-order chi connectivity index (χ0) is 26.1. The molecule has 10 heteroatoms. The van der Waals surface area contributed by atoms with Gasteiger partial charge >= 0.3 is 11.9 Å². The summed E-state index contributed by atoms with van der Waals surface area (Å²) in [6, 6.07) is 6.77. The van der Waals surface area contributed by atoms with Crippen LogP contribution in [0.5, 0.6) is 5.75 Å². The minimum atomic E-state index is -0.970. The van der Waals surface area contributed by atoms with E-state index in [1.54, 1.807) is 45.2 Å². The van der Waals surface area contributed by atoms with Crippen LogP contribution in [0, 0.1) is 0 Å². The first-order valence-electron chi connectivity index (χ1n) is 10.9. The largest absolute Gasteiger partial charge is 0.497 e. The topological polar surface area (TPSA) is 107 Å². The molecule has 0 aromatic heterocycles. The number of benzene rings is 1. The summed E-state index contributed by atoms with van der Waals surface area (Å²) >= 11 is 1.19. The summed E-state index contributed by atoms with van der Waals surface area (Å²) in [4.78, 5) is 36.2. The molecule has 5 atom stereocenters. The number of hydrogen-bond donors (Lipinski definition) is 0. The van der Waals surface area contributed by atoms with E-state index in [0.717, 1.165) is 0 Å². The van der Waals surface area contributed by atoms with Crippen LogP contribution in [0.2, 0.25) is 0 Å². The Labute approximate surface area is 209 Å². The molecule has 0 saturated carbocycles. The molecule has 35 heavy (non-hydrogen) atoms. The van der Waals surface area contributed by atoms with Gasteiger partial charge in [0.15, 0.2) is 24.1 Å². The number of carbonyl (C=O) groups excluding carboxylic acids is 3. The first-order chi connectivity index (χ1) is 16.5. The molecule has 2 rings (SSSR count). The Hall–Kier alpha value is -2.98. The Morgan fingerprint density at radius 3 is 2.00 bits per heavy atom. The van der Waals surface area contributed by atoms with Crippen LogP contribution >= 0.6 is 11.8 Å². The van der Waals surface area contributed by atoms with E-state index in [1.165, 1.54) is 25.6 Å². The summed E-state index contributed by atoms with van der Waals surface area (Å²) in [5.74, 6) is 0.208. The number of carbonyl (C=O) groups is 3. The maximum atomic E-state index is 12.8. The Kier molecular flexibility index (Phi) is 10.7. The molecule has 0 unspecified atom stereocenters. The average molecular weight is 509 g/mol. The lowest BCUT2D eigenvalue weighted by atomic mass is 9.99. The van der Waals surface area contributed by atoms with Crippen molar-refractivity contribution >= 4 is 29.5 Å². The summed E-state index contributed by atoms with van der Waals surface area (Å²) in [5.41, 5.74) is -0.235. The molecule has 9 nitrogen and oxygen atoms in total. The molecule has 1 aliphatic heterocycles. The summed E-state index contributed by atoms with van der Waals surface area (Å²) < 4.78 is 33.8. The predicted octanol–water partition coefficient (Wildman–Crippen LogP) is 3.67. The minimum absolute atomic E-state index is 0.0609. The smallest absolute Gasteiger partial charge is 0.303 e. The van der Waals surface area contributed by atoms with Gasteiger partial charge in [-0.25, -0.2) is 0 Å². The molecular weight excluding hydrogens is 476 g/mol. The van der Waals surface area contributed by atoms with Crippen LogP contribution in [-0.4, -0.2) is 67.0 Å². The second kappa shape index (κ2) is 13.2. The molecule has 1 fully saturated rings. The molecule has 1 aromatic rings. The van der Waals surface area contributed by atoms with E-state index in [0.29, 0.717) is 22.8 Å². The number of Topliss-reactive ketones (excluding diaryl/α,β-unsaturated/α-hetero) is 1. The number of ketones is 1. The fourth-order valence-electron chi connectivity index (χ4n) is 3.42. The zero-order valence-corrected chi connectivity index (χ0v) is 21.4. The summed E-state index contributed by atoms with van der Waals surface area (Å²) in [7, 11) is 1.55. The molecule has 0 bridgehead atoms. The average Bonchev–Trinajstić information content (AvgIpc) is 2.78. The van der Waals surface area contributed by atoms with Crippen molar-refractivity contribution in [1.29, 1.82) is 0 Å². The Balaban J connectivity index is 2.32. The standard InChI is InChI=1S/C25H32O9S/c1-14(2)31-23-22(33-17(6)27)21(12-30-16(5)26)34-25(24(23)32-15(3)4)35-13-20(28)18-8-10-19(29-7)11-9-18/h8-11,21-25H,1,3,12-13H2,2,4-7H3/t21-,22-,23-,24-,25+/m1/s1. The van der Waals surface area contributed by atoms with Crippen molar-refractivity contribution in [3.8, 4) is 5.75 Å². The van der Waals surface area contributed by atoms with Gasteiger partial charge in [-0.3, -0.25) is 14.4 Å². The van der Waals surface area contributed by atoms with E-state index in [-0.39, 0.29) is 18.1 Å². The maximum absolute atomic E-state index is 12.8. The van der Waals surface area contributed by atoms with E-state index >= 15 is 0 Å². The van der Waals surface area contributed by atoms with Crippen LogP contribution in [0.3, 0.4) is 0 Å². The summed E-state index contributed by atoms with van der Waals surface area (Å²) in [6.07, 6.45) is -3.51. The van der Waals surface area contributed by atoms with Crippen molar-refractivity contribution in [2.45, 2.75) is 57.5 Å². The van der Waals surface area contributed by atoms with Gasteiger partial charge in [0.1, 0.15) is 23.9 Å². The van der Waals surface area contributed by atoms with E-state index < -0.39 is 41.8 Å². The molecule has 1 saturated heterocycles. The van der Waals surface area contributed by atoms with Gasteiger partial charge in [-0.1, -0.05) is 13.2 Å². The number of ether oxygens (including phenoxy) is 6. The molecule has 0 amide bonds. The van der Waals surface area contributed by atoms with E-state index in [9.17, 15) is 14.4 Å². The van der Waals surface area contributed by atoms with Gasteiger partial charge in [0.05, 0.1) is 24.4 Å². The van der Waals surface area contributed by atoms with Crippen LogP contribution < -0.4 is 4.74 Å². The highest BCUT2D eigenvalue weighted by Crippen LogP contribution is 2.36. The molecule has 0 aliphatic carbocycles. The van der Waals surface area contributed by atoms with E-state index in [1.807, 2.05) is 0 Å². The second-order valence-electron chi connectivity index (χ2n) is 7.95. The number of esters is 2. The molecule has 1 heterocycles. The lowest BCUT2D eigenvalue weighted by Crippen LogP contribution is -2.60. The van der Waals surface area contributed by atoms with Crippen LogP contribution in [0.4, 0.5) is 0 Å². The third-order valence-electron chi connectivity index (χ3n) is 4.81. The van der Waals surface area contributed by atoms with Gasteiger partial charge in [0.2, 0.25) is 0 Å². The molecule has 192 valence electrons. The van der Waals surface area contributed by atoms with E-state index in [4.69, 9.17) is 28.4 Å². The number of thioether (sulfide) groups is 1. The fourth-order valence-corrected chi connectivity index (χ4v) is 4.53. The van der Waals surface area contributed by atoms with Crippen molar-refractivity contribution in [3.05, 3.63) is 54.5 Å². The number of hydrogen-bond acceptors (Lipinski definition) is 10. The van der Waals surface area contributed by atoms with Crippen LogP contribution in [0.25, 0.3) is 0 Å². The van der Waals surface area contributed by atoms with Crippen molar-refractivity contribution in [3.63, 3.8) is 0 Å². The quantitative estimate of drug-likeness (QED) is 0.236. The van der Waals surface area contributed by atoms with E-state index in [2.05, 4.69) is 13.2 Å². The zero-order valence-electron chi connectivity index (χ0n) is 20.6. The van der Waals surface area contributed by atoms with Crippen LogP contribution in [-0.2, 0) is 33.3 Å².